The molecule has 1 aliphatic rings. The summed E-state index contributed by atoms with van der Waals surface area (Å²) in [5, 5.41) is 10.4. The molecule has 0 aromatic heterocycles. The summed E-state index contributed by atoms with van der Waals surface area (Å²) in [6.07, 6.45) is -4.14. The fourth-order valence-corrected chi connectivity index (χ4v) is 1.37. The Morgan fingerprint density at radius 3 is 2.05 bits per heavy atom. The predicted octanol–water partition coefficient (Wildman–Crippen LogP) is 1.10. The molecule has 0 radical (unpaired) electrons. The Morgan fingerprint density at radius 1 is 1.32 bits per heavy atom. The van der Waals surface area contributed by atoms with Gasteiger partial charge in [0, 0.05) is 32.1 Å². The van der Waals surface area contributed by atoms with E-state index in [4.69, 9.17) is 9.90 Å². The van der Waals surface area contributed by atoms with Gasteiger partial charge in [0.2, 0.25) is 5.91 Å². The van der Waals surface area contributed by atoms with Crippen molar-refractivity contribution in [2.45, 2.75) is 26.4 Å². The molecule has 0 bridgehead atoms. The van der Waals surface area contributed by atoms with Gasteiger partial charge in [-0.1, -0.05) is 13.8 Å². The second kappa shape index (κ2) is 7.98. The van der Waals surface area contributed by atoms with Gasteiger partial charge in [0.1, 0.15) is 0 Å². The average molecular weight is 284 g/mol. The molecule has 1 atom stereocenters. The zero-order valence-electron chi connectivity index (χ0n) is 11.0. The van der Waals surface area contributed by atoms with Crippen molar-refractivity contribution in [3.63, 3.8) is 0 Å². The Morgan fingerprint density at radius 2 is 1.74 bits per heavy atom. The number of halogens is 3. The Bertz CT molecular complexity index is 302. The Hall–Kier alpha value is -1.31. The van der Waals surface area contributed by atoms with Crippen molar-refractivity contribution in [2.75, 3.05) is 26.2 Å². The molecule has 5 nitrogen and oxygen atoms in total. The van der Waals surface area contributed by atoms with Crippen LogP contribution in [0.1, 0.15) is 20.3 Å². The first-order valence-corrected chi connectivity index (χ1v) is 5.99. The maximum absolute atomic E-state index is 11.6. The number of nitrogens with zero attached hydrogens (tertiary/aromatic N) is 1. The number of amides is 1. The zero-order valence-corrected chi connectivity index (χ0v) is 11.0. The van der Waals surface area contributed by atoms with E-state index in [9.17, 15) is 18.0 Å². The lowest BCUT2D eigenvalue weighted by Gasteiger charge is -2.29. The van der Waals surface area contributed by atoms with Crippen LogP contribution in [-0.2, 0) is 9.59 Å². The van der Waals surface area contributed by atoms with Crippen LogP contribution in [0, 0.1) is 5.92 Å². The van der Waals surface area contributed by atoms with Crippen LogP contribution in [0.25, 0.3) is 0 Å². The summed E-state index contributed by atoms with van der Waals surface area (Å²) in [7, 11) is 0. The van der Waals surface area contributed by atoms with Gasteiger partial charge in [0.15, 0.2) is 0 Å². The molecule has 1 saturated heterocycles. The number of carboxylic acids is 1. The minimum Gasteiger partial charge on any atom is -0.475 e. The average Bonchev–Trinajstić information content (AvgIpc) is 2.37. The van der Waals surface area contributed by atoms with Gasteiger partial charge in [-0.2, -0.15) is 13.2 Å². The first-order valence-electron chi connectivity index (χ1n) is 5.99. The number of alkyl halides is 3. The van der Waals surface area contributed by atoms with Crippen LogP contribution in [0.4, 0.5) is 13.2 Å². The van der Waals surface area contributed by atoms with Crippen LogP contribution in [0.5, 0.6) is 0 Å². The summed E-state index contributed by atoms with van der Waals surface area (Å²) in [4.78, 5) is 22.5. The number of carbonyl (C=O) groups is 2. The molecule has 0 aromatic carbocycles. The largest absolute Gasteiger partial charge is 0.490 e. The summed E-state index contributed by atoms with van der Waals surface area (Å²) in [6, 6.07) is 0. The Labute approximate surface area is 109 Å². The molecule has 2 N–H and O–H groups in total. The van der Waals surface area contributed by atoms with E-state index < -0.39 is 12.1 Å². The summed E-state index contributed by atoms with van der Waals surface area (Å²) in [5.41, 5.74) is 0. The van der Waals surface area contributed by atoms with Crippen LogP contribution in [0.2, 0.25) is 0 Å². The van der Waals surface area contributed by atoms with Crippen molar-refractivity contribution in [3.05, 3.63) is 0 Å². The van der Waals surface area contributed by atoms with Gasteiger partial charge < -0.3 is 15.3 Å². The molecule has 1 rings (SSSR count). The first kappa shape index (κ1) is 17.7. The topological polar surface area (TPSA) is 69.6 Å². The van der Waals surface area contributed by atoms with Crippen molar-refractivity contribution in [3.8, 4) is 0 Å². The van der Waals surface area contributed by atoms with E-state index >= 15 is 0 Å². The molecule has 1 aliphatic heterocycles. The molecule has 0 spiro atoms. The number of nitrogens with one attached hydrogen (secondary N) is 1. The lowest BCUT2D eigenvalue weighted by Crippen LogP contribution is -2.48. The van der Waals surface area contributed by atoms with E-state index in [1.54, 1.807) is 0 Å². The van der Waals surface area contributed by atoms with Gasteiger partial charge in [0.25, 0.3) is 0 Å². The number of piperazine rings is 1. The number of carbonyl (C=O) groups excluding carboxylic acids is 1. The standard InChI is InChI=1S/C9H18N2O.C2HF3O2/c1-3-8(2)9(12)11-6-4-10-5-7-11;3-2(4,5)1(6)7/h8,10H,3-7H2,1-2H3;(H,6,7). The molecule has 0 saturated carbocycles. The van der Waals surface area contributed by atoms with Crippen LogP contribution >= 0.6 is 0 Å². The number of carboxylic acid groups (broad SMARTS) is 1. The third-order valence-corrected chi connectivity index (χ3v) is 2.71. The molecule has 0 aromatic rings. The number of hydrogen-bond donors (Lipinski definition) is 2. The van der Waals surface area contributed by atoms with Crippen molar-refractivity contribution < 1.29 is 27.9 Å². The molecule has 1 fully saturated rings. The fraction of sp³-hybridized carbons (Fsp3) is 0.818. The summed E-state index contributed by atoms with van der Waals surface area (Å²) in [5.74, 6) is -2.24. The summed E-state index contributed by atoms with van der Waals surface area (Å²) in [6.45, 7) is 7.71. The highest BCUT2D eigenvalue weighted by Gasteiger charge is 2.38. The second-order valence-electron chi connectivity index (χ2n) is 4.19. The van der Waals surface area contributed by atoms with E-state index in [0.717, 1.165) is 32.6 Å². The molecular formula is C11H19F3N2O3. The monoisotopic (exact) mass is 284 g/mol. The van der Waals surface area contributed by atoms with Gasteiger partial charge in [-0.05, 0) is 6.42 Å². The summed E-state index contributed by atoms with van der Waals surface area (Å²) < 4.78 is 31.7. The minimum absolute atomic E-state index is 0.197. The SMILES string of the molecule is CCC(C)C(=O)N1CCNCC1.O=C(O)C(F)(F)F. The molecule has 1 amide bonds. The van der Waals surface area contributed by atoms with Crippen LogP contribution in [-0.4, -0.2) is 54.2 Å². The van der Waals surface area contributed by atoms with Gasteiger partial charge in [-0.15, -0.1) is 0 Å². The Kier molecular flexibility index (Phi) is 7.43. The van der Waals surface area contributed by atoms with Crippen LogP contribution < -0.4 is 5.32 Å². The quantitative estimate of drug-likeness (QED) is 0.796. The smallest absolute Gasteiger partial charge is 0.475 e. The lowest BCUT2D eigenvalue weighted by atomic mass is 10.1. The molecular weight excluding hydrogens is 265 g/mol. The third-order valence-electron chi connectivity index (χ3n) is 2.71. The van der Waals surface area contributed by atoms with Gasteiger partial charge in [0.05, 0.1) is 0 Å². The van der Waals surface area contributed by atoms with Gasteiger partial charge in [-0.25, -0.2) is 4.79 Å². The minimum atomic E-state index is -5.08. The maximum atomic E-state index is 11.6. The first-order chi connectivity index (χ1) is 8.70. The van der Waals surface area contributed by atoms with Crippen molar-refractivity contribution in [2.24, 2.45) is 5.92 Å². The Balaban J connectivity index is 0.000000399. The molecule has 1 heterocycles. The second-order valence-corrected chi connectivity index (χ2v) is 4.19. The van der Waals surface area contributed by atoms with E-state index in [1.807, 2.05) is 11.8 Å². The number of aliphatic carboxylic acids is 1. The van der Waals surface area contributed by atoms with Crippen molar-refractivity contribution >= 4 is 11.9 Å². The van der Waals surface area contributed by atoms with E-state index in [0.29, 0.717) is 5.91 Å². The molecule has 8 heteroatoms. The van der Waals surface area contributed by atoms with Crippen molar-refractivity contribution in [1.29, 1.82) is 0 Å². The molecule has 0 aliphatic carbocycles. The highest BCUT2D eigenvalue weighted by atomic mass is 19.4. The van der Waals surface area contributed by atoms with Crippen LogP contribution in [0.15, 0.2) is 0 Å². The zero-order chi connectivity index (χ0) is 15.1. The number of rotatable bonds is 2. The highest BCUT2D eigenvalue weighted by molar-refractivity contribution is 5.78. The molecule has 19 heavy (non-hydrogen) atoms. The van der Waals surface area contributed by atoms with Crippen LogP contribution in [0.3, 0.4) is 0 Å². The lowest BCUT2D eigenvalue weighted by molar-refractivity contribution is -0.192. The fourth-order valence-electron chi connectivity index (χ4n) is 1.37. The van der Waals surface area contributed by atoms with Gasteiger partial charge in [-0.3, -0.25) is 4.79 Å². The summed E-state index contributed by atoms with van der Waals surface area (Å²) >= 11 is 0. The van der Waals surface area contributed by atoms with E-state index in [2.05, 4.69) is 12.2 Å². The molecule has 112 valence electrons. The van der Waals surface area contributed by atoms with E-state index in [1.165, 1.54) is 0 Å². The number of hydrogen-bond acceptors (Lipinski definition) is 3. The molecule has 1 unspecified atom stereocenters. The third kappa shape index (κ3) is 7.00. The highest BCUT2D eigenvalue weighted by Crippen LogP contribution is 2.13. The maximum Gasteiger partial charge on any atom is 0.490 e. The normalized spacial score (nSPS) is 17.2. The predicted molar refractivity (Wildman–Crippen MR) is 62.6 cm³/mol. The van der Waals surface area contributed by atoms with Crippen molar-refractivity contribution in [1.82, 2.24) is 10.2 Å². The van der Waals surface area contributed by atoms with E-state index in [-0.39, 0.29) is 5.92 Å². The van der Waals surface area contributed by atoms with Gasteiger partial charge >= 0.3 is 12.1 Å².